The van der Waals surface area contributed by atoms with E-state index in [1.165, 1.54) is 0 Å². The minimum Gasteiger partial charge on any atom is -0.481 e. The number of methoxy groups -OCH3 is 1. The molecule has 0 unspecified atom stereocenters. The van der Waals surface area contributed by atoms with E-state index in [9.17, 15) is 0 Å². The molecule has 0 N–H and O–H groups in total. The van der Waals surface area contributed by atoms with Gasteiger partial charge in [0.05, 0.1) is 38.7 Å². The van der Waals surface area contributed by atoms with E-state index in [0.717, 1.165) is 44.6 Å². The van der Waals surface area contributed by atoms with E-state index < -0.39 is 0 Å². The van der Waals surface area contributed by atoms with Gasteiger partial charge in [0.2, 0.25) is 5.88 Å². The van der Waals surface area contributed by atoms with Gasteiger partial charge in [0.15, 0.2) is 5.79 Å². The quantitative estimate of drug-likeness (QED) is 0.846. The highest BCUT2D eigenvalue weighted by molar-refractivity contribution is 5.15. The van der Waals surface area contributed by atoms with E-state index in [-0.39, 0.29) is 11.9 Å². The average molecular weight is 279 g/mol. The third-order valence-corrected chi connectivity index (χ3v) is 3.97. The van der Waals surface area contributed by atoms with Crippen molar-refractivity contribution in [3.05, 3.63) is 23.9 Å². The van der Waals surface area contributed by atoms with E-state index in [1.54, 1.807) is 7.11 Å². The number of hydrogen-bond acceptors (Lipinski definition) is 5. The topological polar surface area (TPSA) is 49.8 Å². The molecule has 5 heteroatoms. The Labute approximate surface area is 119 Å². The van der Waals surface area contributed by atoms with Crippen molar-refractivity contribution in [1.82, 2.24) is 4.98 Å². The molecule has 2 aliphatic rings. The molecule has 1 aromatic heterocycles. The van der Waals surface area contributed by atoms with Gasteiger partial charge in [-0.25, -0.2) is 4.98 Å². The number of ether oxygens (including phenoxy) is 4. The fourth-order valence-electron chi connectivity index (χ4n) is 2.84. The molecular weight excluding hydrogens is 258 g/mol. The first kappa shape index (κ1) is 13.8. The molecule has 0 amide bonds. The first-order chi connectivity index (χ1) is 9.80. The molecule has 5 nitrogen and oxygen atoms in total. The highest BCUT2D eigenvalue weighted by Crippen LogP contribution is 2.36. The van der Waals surface area contributed by atoms with E-state index in [0.29, 0.717) is 12.5 Å². The number of nitrogens with zero attached hydrogens (tertiary/aromatic N) is 1. The van der Waals surface area contributed by atoms with Gasteiger partial charge < -0.3 is 18.9 Å². The van der Waals surface area contributed by atoms with Gasteiger partial charge in [-0.15, -0.1) is 0 Å². The number of aromatic nitrogens is 1. The fourth-order valence-corrected chi connectivity index (χ4v) is 2.84. The molecule has 1 aromatic rings. The Morgan fingerprint density at radius 1 is 1.25 bits per heavy atom. The van der Waals surface area contributed by atoms with Crippen LogP contribution >= 0.6 is 0 Å². The van der Waals surface area contributed by atoms with E-state index in [1.807, 2.05) is 18.2 Å². The third-order valence-electron chi connectivity index (χ3n) is 3.97. The van der Waals surface area contributed by atoms with Crippen LogP contribution < -0.4 is 4.74 Å². The summed E-state index contributed by atoms with van der Waals surface area (Å²) in [4.78, 5) is 4.35. The summed E-state index contributed by atoms with van der Waals surface area (Å²) in [6.07, 6.45) is 4.06. The van der Waals surface area contributed by atoms with Gasteiger partial charge in [-0.3, -0.25) is 0 Å². The van der Waals surface area contributed by atoms with Crippen molar-refractivity contribution in [2.75, 3.05) is 20.3 Å². The standard InChI is InChI=1S/C15H21NO4/c1-17-14-4-2-3-12(16-14)11-18-13-5-7-15(8-6-13)19-9-10-20-15/h2-4,13H,5-11H2,1H3. The van der Waals surface area contributed by atoms with Crippen LogP contribution in [-0.4, -0.2) is 37.2 Å². The highest BCUT2D eigenvalue weighted by atomic mass is 16.7. The lowest BCUT2D eigenvalue weighted by molar-refractivity contribution is -0.192. The summed E-state index contributed by atoms with van der Waals surface area (Å²) in [7, 11) is 1.62. The maximum absolute atomic E-state index is 5.94. The average Bonchev–Trinajstić information content (AvgIpc) is 2.95. The van der Waals surface area contributed by atoms with Gasteiger partial charge in [-0.05, 0) is 18.9 Å². The number of pyridine rings is 1. The highest BCUT2D eigenvalue weighted by Gasteiger charge is 2.40. The van der Waals surface area contributed by atoms with Crippen LogP contribution in [0.25, 0.3) is 0 Å². The van der Waals surface area contributed by atoms with Crippen molar-refractivity contribution in [3.63, 3.8) is 0 Å². The van der Waals surface area contributed by atoms with E-state index >= 15 is 0 Å². The monoisotopic (exact) mass is 279 g/mol. The Balaban J connectivity index is 1.47. The number of rotatable bonds is 4. The largest absolute Gasteiger partial charge is 0.481 e. The van der Waals surface area contributed by atoms with Gasteiger partial charge in [0.1, 0.15) is 0 Å². The Bertz CT molecular complexity index is 435. The molecule has 0 bridgehead atoms. The summed E-state index contributed by atoms with van der Waals surface area (Å²) in [5, 5.41) is 0. The summed E-state index contributed by atoms with van der Waals surface area (Å²) in [6, 6.07) is 5.72. The van der Waals surface area contributed by atoms with Crippen LogP contribution in [0.4, 0.5) is 0 Å². The van der Waals surface area contributed by atoms with Crippen molar-refractivity contribution < 1.29 is 18.9 Å². The summed E-state index contributed by atoms with van der Waals surface area (Å²) in [5.74, 6) is 0.315. The van der Waals surface area contributed by atoms with Crippen molar-refractivity contribution >= 4 is 0 Å². The van der Waals surface area contributed by atoms with E-state index in [4.69, 9.17) is 18.9 Å². The van der Waals surface area contributed by atoms with E-state index in [2.05, 4.69) is 4.98 Å². The lowest BCUT2D eigenvalue weighted by atomic mass is 9.92. The first-order valence-corrected chi connectivity index (χ1v) is 7.19. The predicted octanol–water partition coefficient (Wildman–Crippen LogP) is 2.29. The smallest absolute Gasteiger partial charge is 0.213 e. The summed E-state index contributed by atoms with van der Waals surface area (Å²) >= 11 is 0. The second-order valence-corrected chi connectivity index (χ2v) is 5.29. The molecule has 1 spiro atoms. The molecule has 2 heterocycles. The Morgan fingerprint density at radius 3 is 2.70 bits per heavy atom. The maximum Gasteiger partial charge on any atom is 0.213 e. The Kier molecular flexibility index (Phi) is 4.19. The number of hydrogen-bond donors (Lipinski definition) is 0. The molecular formula is C15H21NO4. The molecule has 2 fully saturated rings. The van der Waals surface area contributed by atoms with Gasteiger partial charge in [-0.1, -0.05) is 6.07 Å². The zero-order valence-corrected chi connectivity index (χ0v) is 11.8. The summed E-state index contributed by atoms with van der Waals surface area (Å²) in [6.45, 7) is 1.97. The lowest BCUT2D eigenvalue weighted by Crippen LogP contribution is -2.37. The fraction of sp³-hybridized carbons (Fsp3) is 0.667. The Hall–Kier alpha value is -1.17. The first-order valence-electron chi connectivity index (χ1n) is 7.19. The summed E-state index contributed by atoms with van der Waals surface area (Å²) < 4.78 is 22.5. The lowest BCUT2D eigenvalue weighted by Gasteiger charge is -2.35. The Morgan fingerprint density at radius 2 is 2.00 bits per heavy atom. The molecule has 0 radical (unpaired) electrons. The molecule has 1 aliphatic carbocycles. The van der Waals surface area contributed by atoms with Crippen LogP contribution in [0.3, 0.4) is 0 Å². The minimum atomic E-state index is -0.311. The minimum absolute atomic E-state index is 0.265. The van der Waals surface area contributed by atoms with Gasteiger partial charge in [0, 0.05) is 18.9 Å². The van der Waals surface area contributed by atoms with Crippen molar-refractivity contribution in [2.45, 2.75) is 44.2 Å². The van der Waals surface area contributed by atoms with Gasteiger partial charge >= 0.3 is 0 Å². The molecule has 3 rings (SSSR count). The van der Waals surface area contributed by atoms with Crippen molar-refractivity contribution in [1.29, 1.82) is 0 Å². The van der Waals surface area contributed by atoms with Gasteiger partial charge in [0.25, 0.3) is 0 Å². The van der Waals surface area contributed by atoms with Gasteiger partial charge in [-0.2, -0.15) is 0 Å². The van der Waals surface area contributed by atoms with Crippen LogP contribution in [0.5, 0.6) is 5.88 Å². The molecule has 0 aromatic carbocycles. The normalized spacial score (nSPS) is 22.2. The second-order valence-electron chi connectivity index (χ2n) is 5.29. The zero-order chi connectivity index (χ0) is 13.8. The van der Waals surface area contributed by atoms with Crippen LogP contribution in [0.1, 0.15) is 31.4 Å². The molecule has 1 aliphatic heterocycles. The maximum atomic E-state index is 5.94. The van der Waals surface area contributed by atoms with Crippen LogP contribution in [0.15, 0.2) is 18.2 Å². The zero-order valence-electron chi connectivity index (χ0n) is 11.8. The second kappa shape index (κ2) is 6.08. The molecule has 1 saturated carbocycles. The molecule has 0 atom stereocenters. The van der Waals surface area contributed by atoms with Crippen LogP contribution in [0.2, 0.25) is 0 Å². The third kappa shape index (κ3) is 3.11. The molecule has 20 heavy (non-hydrogen) atoms. The summed E-state index contributed by atoms with van der Waals surface area (Å²) in [5.41, 5.74) is 0.901. The van der Waals surface area contributed by atoms with Crippen LogP contribution in [0, 0.1) is 0 Å². The SMILES string of the molecule is COc1cccc(COC2CCC3(CC2)OCCO3)n1. The van der Waals surface area contributed by atoms with Crippen LogP contribution in [-0.2, 0) is 20.8 Å². The molecule has 110 valence electrons. The van der Waals surface area contributed by atoms with Crippen molar-refractivity contribution in [2.24, 2.45) is 0 Å². The predicted molar refractivity (Wildman–Crippen MR) is 72.5 cm³/mol. The molecule has 1 saturated heterocycles. The van der Waals surface area contributed by atoms with Crippen molar-refractivity contribution in [3.8, 4) is 5.88 Å².